The maximum Gasteiger partial charge on any atom is 0.288 e. The maximum atomic E-state index is 13.4. The van der Waals surface area contributed by atoms with Crippen LogP contribution in [-0.4, -0.2) is 63.8 Å². The molecule has 2 aromatic heterocycles. The SMILES string of the molecule is NCc1cc2ncc(C(=O)N3CCN(C(=O)C4=CCCO4)CC3)n2cc1-c1ccc(Cl)cc1Cl. The molecule has 10 heteroatoms. The lowest BCUT2D eigenvalue weighted by atomic mass is 10.0. The molecule has 1 saturated heterocycles. The lowest BCUT2D eigenvalue weighted by molar-refractivity contribution is -0.131. The minimum Gasteiger partial charge on any atom is -0.488 e. The number of aromatic nitrogens is 2. The summed E-state index contributed by atoms with van der Waals surface area (Å²) in [7, 11) is 0. The van der Waals surface area contributed by atoms with Gasteiger partial charge < -0.3 is 20.3 Å². The van der Waals surface area contributed by atoms with E-state index in [1.54, 1.807) is 32.5 Å². The number of halogens is 2. The van der Waals surface area contributed by atoms with Gasteiger partial charge >= 0.3 is 0 Å². The topological polar surface area (TPSA) is 93.2 Å². The average molecular weight is 500 g/mol. The van der Waals surface area contributed by atoms with Crippen LogP contribution in [-0.2, 0) is 16.1 Å². The van der Waals surface area contributed by atoms with Gasteiger partial charge in [0.2, 0.25) is 0 Å². The number of amides is 2. The minimum absolute atomic E-state index is 0.113. The summed E-state index contributed by atoms with van der Waals surface area (Å²) < 4.78 is 7.14. The van der Waals surface area contributed by atoms with Crippen LogP contribution >= 0.6 is 23.2 Å². The van der Waals surface area contributed by atoms with E-state index in [0.29, 0.717) is 59.9 Å². The Morgan fingerprint density at radius 1 is 1.03 bits per heavy atom. The van der Waals surface area contributed by atoms with Gasteiger partial charge in [0.1, 0.15) is 11.3 Å². The fourth-order valence-corrected chi connectivity index (χ4v) is 4.85. The van der Waals surface area contributed by atoms with Crippen LogP contribution in [0, 0.1) is 0 Å². The first kappa shape index (κ1) is 22.7. The number of benzene rings is 1. The van der Waals surface area contributed by atoms with Gasteiger partial charge in [0.15, 0.2) is 5.76 Å². The highest BCUT2D eigenvalue weighted by molar-refractivity contribution is 6.36. The van der Waals surface area contributed by atoms with Crippen LogP contribution in [0.3, 0.4) is 0 Å². The molecule has 0 atom stereocenters. The van der Waals surface area contributed by atoms with Crippen molar-refractivity contribution < 1.29 is 14.3 Å². The zero-order chi connectivity index (χ0) is 23.8. The monoisotopic (exact) mass is 499 g/mol. The number of carbonyl (C=O) groups is 2. The molecule has 5 rings (SSSR count). The fourth-order valence-electron chi connectivity index (χ4n) is 4.34. The summed E-state index contributed by atoms with van der Waals surface area (Å²) in [4.78, 5) is 33.8. The van der Waals surface area contributed by atoms with Crippen LogP contribution in [0.1, 0.15) is 22.5 Å². The molecule has 0 aliphatic carbocycles. The number of ether oxygens (including phenoxy) is 1. The number of nitrogens with two attached hydrogens (primary N) is 1. The number of hydrogen-bond donors (Lipinski definition) is 1. The molecule has 2 aliphatic rings. The summed E-state index contributed by atoms with van der Waals surface area (Å²) in [5.74, 6) is 0.147. The first-order valence-corrected chi connectivity index (χ1v) is 11.8. The van der Waals surface area contributed by atoms with E-state index in [9.17, 15) is 9.59 Å². The van der Waals surface area contributed by atoms with E-state index in [1.165, 1.54) is 0 Å². The third-order valence-corrected chi connectivity index (χ3v) is 6.71. The Morgan fingerprint density at radius 2 is 1.76 bits per heavy atom. The number of rotatable bonds is 4. The van der Waals surface area contributed by atoms with E-state index in [4.69, 9.17) is 33.7 Å². The largest absolute Gasteiger partial charge is 0.488 e. The quantitative estimate of drug-likeness (QED) is 0.593. The molecule has 34 heavy (non-hydrogen) atoms. The molecule has 2 aliphatic heterocycles. The number of imidazole rings is 1. The third kappa shape index (κ3) is 4.13. The van der Waals surface area contributed by atoms with Crippen LogP contribution in [0.4, 0.5) is 0 Å². The number of pyridine rings is 1. The Labute approximate surface area is 206 Å². The van der Waals surface area contributed by atoms with Crippen LogP contribution in [0.15, 0.2) is 48.5 Å². The Hall–Kier alpha value is -3.07. The molecule has 4 heterocycles. The molecule has 0 bridgehead atoms. The van der Waals surface area contributed by atoms with Crippen molar-refractivity contribution in [3.05, 3.63) is 69.8 Å². The molecular formula is C24H23Cl2N5O3. The normalized spacial score (nSPS) is 16.0. The van der Waals surface area contributed by atoms with Crippen molar-refractivity contribution >= 4 is 40.7 Å². The molecule has 0 radical (unpaired) electrons. The van der Waals surface area contributed by atoms with Crippen molar-refractivity contribution in [2.24, 2.45) is 5.73 Å². The summed E-state index contributed by atoms with van der Waals surface area (Å²) >= 11 is 12.5. The number of hydrogen-bond acceptors (Lipinski definition) is 5. The van der Waals surface area contributed by atoms with Crippen molar-refractivity contribution in [3.63, 3.8) is 0 Å². The second-order valence-corrected chi connectivity index (χ2v) is 9.05. The van der Waals surface area contributed by atoms with E-state index in [1.807, 2.05) is 24.4 Å². The van der Waals surface area contributed by atoms with Gasteiger partial charge in [-0.15, -0.1) is 0 Å². The molecule has 1 aromatic carbocycles. The van der Waals surface area contributed by atoms with Crippen molar-refractivity contribution in [1.82, 2.24) is 19.2 Å². The molecule has 2 N–H and O–H groups in total. The zero-order valence-electron chi connectivity index (χ0n) is 18.3. The molecule has 0 unspecified atom stereocenters. The summed E-state index contributed by atoms with van der Waals surface area (Å²) in [6, 6.07) is 7.14. The molecule has 3 aromatic rings. The first-order valence-electron chi connectivity index (χ1n) is 11.0. The highest BCUT2D eigenvalue weighted by Gasteiger charge is 2.29. The molecule has 0 saturated carbocycles. The van der Waals surface area contributed by atoms with Gasteiger partial charge in [-0.05, 0) is 29.8 Å². The van der Waals surface area contributed by atoms with Crippen LogP contribution in [0.5, 0.6) is 0 Å². The van der Waals surface area contributed by atoms with Gasteiger partial charge in [0.25, 0.3) is 11.8 Å². The van der Waals surface area contributed by atoms with Gasteiger partial charge in [0, 0.05) is 66.5 Å². The maximum absolute atomic E-state index is 13.4. The first-order chi connectivity index (χ1) is 16.5. The van der Waals surface area contributed by atoms with E-state index >= 15 is 0 Å². The second-order valence-electron chi connectivity index (χ2n) is 8.20. The molecule has 0 spiro atoms. The Bertz CT molecular complexity index is 1310. The summed E-state index contributed by atoms with van der Waals surface area (Å²) in [6.45, 7) is 2.60. The van der Waals surface area contributed by atoms with Crippen LogP contribution in [0.2, 0.25) is 10.0 Å². The lowest BCUT2D eigenvalue weighted by Crippen LogP contribution is -2.51. The fraction of sp³-hybridized carbons (Fsp3) is 0.292. The molecule has 8 nitrogen and oxygen atoms in total. The molecular weight excluding hydrogens is 477 g/mol. The van der Waals surface area contributed by atoms with Crippen molar-refractivity contribution in [2.75, 3.05) is 32.8 Å². The molecule has 2 amide bonds. The van der Waals surface area contributed by atoms with E-state index in [2.05, 4.69) is 4.98 Å². The summed E-state index contributed by atoms with van der Waals surface area (Å²) in [5.41, 5.74) is 9.50. The average Bonchev–Trinajstić information content (AvgIpc) is 3.53. The number of carbonyl (C=O) groups excluding carboxylic acids is 2. The van der Waals surface area contributed by atoms with Gasteiger partial charge in [-0.3, -0.25) is 14.0 Å². The predicted molar refractivity (Wildman–Crippen MR) is 130 cm³/mol. The van der Waals surface area contributed by atoms with Crippen molar-refractivity contribution in [1.29, 1.82) is 0 Å². The minimum atomic E-state index is -0.149. The van der Waals surface area contributed by atoms with Crippen molar-refractivity contribution in [2.45, 2.75) is 13.0 Å². The van der Waals surface area contributed by atoms with E-state index in [-0.39, 0.29) is 18.4 Å². The molecule has 176 valence electrons. The smallest absolute Gasteiger partial charge is 0.288 e. The second kappa shape index (κ2) is 9.29. The van der Waals surface area contributed by atoms with Crippen LogP contribution < -0.4 is 5.73 Å². The lowest BCUT2D eigenvalue weighted by Gasteiger charge is -2.34. The zero-order valence-corrected chi connectivity index (χ0v) is 19.8. The van der Waals surface area contributed by atoms with Crippen molar-refractivity contribution in [3.8, 4) is 11.1 Å². The summed E-state index contributed by atoms with van der Waals surface area (Å²) in [5, 5.41) is 1.03. The van der Waals surface area contributed by atoms with E-state index in [0.717, 1.165) is 23.1 Å². The Kier molecular flexibility index (Phi) is 6.20. The predicted octanol–water partition coefficient (Wildman–Crippen LogP) is 3.36. The third-order valence-electron chi connectivity index (χ3n) is 6.16. The van der Waals surface area contributed by atoms with Crippen LogP contribution in [0.25, 0.3) is 16.8 Å². The summed E-state index contributed by atoms with van der Waals surface area (Å²) in [6.07, 6.45) is 5.98. The highest BCUT2D eigenvalue weighted by Crippen LogP contribution is 2.33. The van der Waals surface area contributed by atoms with Gasteiger partial charge in [0.05, 0.1) is 12.8 Å². The van der Waals surface area contributed by atoms with Gasteiger partial charge in [-0.25, -0.2) is 4.98 Å². The Morgan fingerprint density at radius 3 is 2.41 bits per heavy atom. The van der Waals surface area contributed by atoms with E-state index < -0.39 is 0 Å². The Balaban J connectivity index is 1.41. The number of piperazine rings is 1. The number of nitrogens with zero attached hydrogens (tertiary/aromatic N) is 4. The number of fused-ring (bicyclic) bond motifs is 1. The standard InChI is InChI=1S/C24H23Cl2N5O3/c25-16-3-4-17(19(26)11-16)18-14-31-20(13-28-22(31)10-15(18)12-27)23(32)29-5-7-30(8-6-29)24(33)21-2-1-9-34-21/h2-4,10-11,13-14H,1,5-9,12,27H2. The highest BCUT2D eigenvalue weighted by atomic mass is 35.5. The molecule has 1 fully saturated rings. The van der Waals surface area contributed by atoms with Gasteiger partial charge in [-0.2, -0.15) is 0 Å². The van der Waals surface area contributed by atoms with Gasteiger partial charge in [-0.1, -0.05) is 29.3 Å².